The average Bonchev–Trinajstić information content (AvgIpc) is 3.28. The smallest absolute Gasteiger partial charge is 0.167 e. The van der Waals surface area contributed by atoms with Crippen LogP contribution in [0.3, 0.4) is 0 Å². The summed E-state index contributed by atoms with van der Waals surface area (Å²) in [5.74, 6) is 1.84. The Balaban J connectivity index is 1.77. The molecule has 0 saturated heterocycles. The van der Waals surface area contributed by atoms with E-state index in [1.54, 1.807) is 7.11 Å². The molecular formula is C21H26N4O2. The summed E-state index contributed by atoms with van der Waals surface area (Å²) >= 11 is 0. The summed E-state index contributed by atoms with van der Waals surface area (Å²) in [5, 5.41) is 2.24. The molecular weight excluding hydrogens is 340 g/mol. The Labute approximate surface area is 160 Å². The van der Waals surface area contributed by atoms with Gasteiger partial charge in [-0.05, 0) is 51.4 Å². The molecule has 1 unspecified atom stereocenters. The van der Waals surface area contributed by atoms with E-state index in [0.717, 1.165) is 23.0 Å². The minimum atomic E-state index is -0.450. The van der Waals surface area contributed by atoms with Crippen molar-refractivity contribution in [2.45, 2.75) is 38.4 Å². The van der Waals surface area contributed by atoms with Crippen LogP contribution in [0.15, 0.2) is 46.2 Å². The van der Waals surface area contributed by atoms with Crippen molar-refractivity contribution in [2.24, 2.45) is 4.99 Å². The Bertz CT molecular complexity index is 899. The van der Waals surface area contributed by atoms with Crippen molar-refractivity contribution in [2.75, 3.05) is 27.4 Å². The zero-order valence-electron chi connectivity index (χ0n) is 16.4. The first kappa shape index (κ1) is 16.8. The number of hydrazine groups is 1. The van der Waals surface area contributed by atoms with Crippen molar-refractivity contribution < 1.29 is 9.47 Å². The first-order valence-corrected chi connectivity index (χ1v) is 9.58. The maximum atomic E-state index is 5.89. The predicted molar refractivity (Wildman–Crippen MR) is 104 cm³/mol. The summed E-state index contributed by atoms with van der Waals surface area (Å²) in [6.07, 6.45) is 4.57. The minimum Gasteiger partial charge on any atom is -0.497 e. The molecule has 3 aliphatic heterocycles. The highest BCUT2D eigenvalue weighted by atomic mass is 16.5. The second kappa shape index (κ2) is 5.84. The molecule has 1 aromatic rings. The highest BCUT2D eigenvalue weighted by Crippen LogP contribution is 2.50. The lowest BCUT2D eigenvalue weighted by atomic mass is 9.84. The lowest BCUT2D eigenvalue weighted by Gasteiger charge is -2.52. The Hall–Kier alpha value is -2.31. The molecule has 27 heavy (non-hydrogen) atoms. The maximum Gasteiger partial charge on any atom is 0.167 e. The van der Waals surface area contributed by atoms with E-state index in [-0.39, 0.29) is 0 Å². The van der Waals surface area contributed by atoms with E-state index in [1.807, 2.05) is 0 Å². The molecule has 1 aliphatic carbocycles. The molecule has 1 atom stereocenters. The molecule has 142 valence electrons. The quantitative estimate of drug-likeness (QED) is 0.888. The number of amidine groups is 1. The molecule has 4 aliphatic rings. The van der Waals surface area contributed by atoms with Gasteiger partial charge in [0.2, 0.25) is 0 Å². The van der Waals surface area contributed by atoms with E-state index < -0.39 is 5.66 Å². The number of fused-ring (bicyclic) bond motifs is 1. The number of hydrogen-bond donors (Lipinski definition) is 1. The highest BCUT2D eigenvalue weighted by Gasteiger charge is 2.56. The van der Waals surface area contributed by atoms with Crippen molar-refractivity contribution in [3.8, 4) is 5.75 Å². The molecule has 6 nitrogen and oxygen atoms in total. The molecule has 1 saturated carbocycles. The predicted octanol–water partition coefficient (Wildman–Crippen LogP) is 2.67. The second-order valence-corrected chi connectivity index (χ2v) is 7.86. The number of nitrogens with one attached hydrogen (secondary N) is 1. The third-order valence-electron chi connectivity index (χ3n) is 6.10. The Morgan fingerprint density at radius 3 is 2.81 bits per heavy atom. The fourth-order valence-corrected chi connectivity index (χ4v) is 4.67. The van der Waals surface area contributed by atoms with E-state index in [2.05, 4.69) is 60.5 Å². The van der Waals surface area contributed by atoms with E-state index in [9.17, 15) is 0 Å². The summed E-state index contributed by atoms with van der Waals surface area (Å²) in [6, 6.07) is 6.94. The van der Waals surface area contributed by atoms with Gasteiger partial charge in [0.1, 0.15) is 5.75 Å². The largest absolute Gasteiger partial charge is 0.497 e. The third-order valence-corrected chi connectivity index (χ3v) is 6.10. The van der Waals surface area contributed by atoms with Gasteiger partial charge in [-0.25, -0.2) is 10.0 Å². The second-order valence-electron chi connectivity index (χ2n) is 7.86. The fraction of sp³-hybridized carbons (Fsp3) is 0.476. The number of methoxy groups -OCH3 is 1. The SMILES string of the molecule is COc1ccc(C2(N(C)C3CC3)C3=C(COC3)N=C3C=C(C)NN32)c(C)c1. The number of aryl methyl sites for hydroxylation is 1. The molecule has 0 spiro atoms. The standard InChI is InChI=1S/C21H26N4O2/c1-13-9-16(26-4)7-8-17(13)21(24(3)15-5-6-15)18-11-27-12-19(18)22-20-10-14(2)23-25(20)21/h7-10,15,23H,5-6,11-12H2,1-4H3. The van der Waals surface area contributed by atoms with Crippen LogP contribution in [0.4, 0.5) is 0 Å². The van der Waals surface area contributed by atoms with Crippen LogP contribution in [-0.2, 0) is 10.4 Å². The molecule has 0 amide bonds. The van der Waals surface area contributed by atoms with Gasteiger partial charge >= 0.3 is 0 Å². The first-order valence-electron chi connectivity index (χ1n) is 9.58. The van der Waals surface area contributed by atoms with Gasteiger partial charge in [0.05, 0.1) is 26.0 Å². The summed E-state index contributed by atoms with van der Waals surface area (Å²) in [5.41, 5.74) is 8.99. The van der Waals surface area contributed by atoms with Gasteiger partial charge in [-0.1, -0.05) is 6.07 Å². The van der Waals surface area contributed by atoms with Crippen LogP contribution in [0.2, 0.25) is 0 Å². The highest BCUT2D eigenvalue weighted by molar-refractivity contribution is 5.98. The van der Waals surface area contributed by atoms with Gasteiger partial charge in [-0.2, -0.15) is 0 Å². The van der Waals surface area contributed by atoms with Gasteiger partial charge in [-0.3, -0.25) is 10.3 Å². The summed E-state index contributed by atoms with van der Waals surface area (Å²) in [4.78, 5) is 7.42. The maximum absolute atomic E-state index is 5.89. The Kier molecular flexibility index (Phi) is 3.64. The molecule has 1 N–H and O–H groups in total. The molecule has 3 heterocycles. The summed E-state index contributed by atoms with van der Waals surface area (Å²) in [7, 11) is 3.95. The lowest BCUT2D eigenvalue weighted by Crippen LogP contribution is -2.64. The van der Waals surface area contributed by atoms with Crippen molar-refractivity contribution in [1.29, 1.82) is 0 Å². The van der Waals surface area contributed by atoms with Gasteiger partial charge in [0, 0.05) is 29.0 Å². The average molecular weight is 366 g/mol. The number of aliphatic imine (C=N–C) groups is 1. The van der Waals surface area contributed by atoms with Crippen LogP contribution in [0, 0.1) is 6.92 Å². The molecule has 0 radical (unpaired) electrons. The molecule has 1 aromatic carbocycles. The molecule has 0 aromatic heterocycles. The van der Waals surface area contributed by atoms with E-state index in [0.29, 0.717) is 19.3 Å². The topological polar surface area (TPSA) is 49.3 Å². The van der Waals surface area contributed by atoms with Crippen molar-refractivity contribution >= 4 is 5.84 Å². The normalized spacial score (nSPS) is 26.6. The van der Waals surface area contributed by atoms with E-state index in [1.165, 1.54) is 29.5 Å². The van der Waals surface area contributed by atoms with Gasteiger partial charge in [0.15, 0.2) is 11.5 Å². The van der Waals surface area contributed by atoms with Crippen LogP contribution in [0.5, 0.6) is 5.75 Å². The third kappa shape index (κ3) is 2.29. The molecule has 0 bridgehead atoms. The van der Waals surface area contributed by atoms with Crippen LogP contribution in [-0.4, -0.2) is 49.2 Å². The van der Waals surface area contributed by atoms with Crippen LogP contribution in [0.25, 0.3) is 0 Å². The van der Waals surface area contributed by atoms with Crippen molar-refractivity contribution in [1.82, 2.24) is 15.3 Å². The van der Waals surface area contributed by atoms with Crippen LogP contribution >= 0.6 is 0 Å². The number of benzene rings is 1. The van der Waals surface area contributed by atoms with Gasteiger partial charge in [-0.15, -0.1) is 0 Å². The van der Waals surface area contributed by atoms with Crippen LogP contribution in [0.1, 0.15) is 30.9 Å². The summed E-state index contributed by atoms with van der Waals surface area (Å²) in [6.45, 7) is 5.43. The van der Waals surface area contributed by atoms with E-state index in [4.69, 9.17) is 14.5 Å². The monoisotopic (exact) mass is 366 g/mol. The number of ether oxygens (including phenoxy) is 2. The summed E-state index contributed by atoms with van der Waals surface area (Å²) < 4.78 is 11.4. The first-order chi connectivity index (χ1) is 13.1. The molecule has 1 fully saturated rings. The number of hydrogen-bond acceptors (Lipinski definition) is 6. The fourth-order valence-electron chi connectivity index (χ4n) is 4.67. The zero-order chi connectivity index (χ0) is 18.8. The van der Waals surface area contributed by atoms with E-state index >= 15 is 0 Å². The van der Waals surface area contributed by atoms with Gasteiger partial charge in [0.25, 0.3) is 0 Å². The molecule has 5 rings (SSSR count). The Morgan fingerprint density at radius 1 is 1.30 bits per heavy atom. The van der Waals surface area contributed by atoms with Crippen molar-refractivity contribution in [3.05, 3.63) is 52.4 Å². The van der Waals surface area contributed by atoms with Crippen molar-refractivity contribution in [3.63, 3.8) is 0 Å². The number of rotatable bonds is 4. The number of nitrogens with zero attached hydrogens (tertiary/aromatic N) is 3. The minimum absolute atomic E-state index is 0.450. The van der Waals surface area contributed by atoms with Gasteiger partial charge < -0.3 is 9.47 Å². The number of allylic oxidation sites excluding steroid dienone is 1. The lowest BCUT2D eigenvalue weighted by molar-refractivity contribution is -0.00636. The molecule has 6 heteroatoms. The zero-order valence-corrected chi connectivity index (χ0v) is 16.4. The van der Waals surface area contributed by atoms with Crippen LogP contribution < -0.4 is 10.2 Å². The Morgan fingerprint density at radius 2 is 2.11 bits per heavy atom. The number of likely N-dealkylation sites (N-methyl/N-ethyl adjacent to an activating group) is 1.